The summed E-state index contributed by atoms with van der Waals surface area (Å²) in [6.45, 7) is 0. The van der Waals surface area contributed by atoms with Crippen LogP contribution in [0.4, 0.5) is 18.9 Å². The Morgan fingerprint density at radius 3 is 2.39 bits per heavy atom. The summed E-state index contributed by atoms with van der Waals surface area (Å²) in [6, 6.07) is 1.17. The van der Waals surface area contributed by atoms with Crippen molar-refractivity contribution in [1.82, 2.24) is 0 Å². The summed E-state index contributed by atoms with van der Waals surface area (Å²) in [5, 5.41) is 10.9. The molecule has 8 nitrogen and oxygen atoms in total. The highest BCUT2D eigenvalue weighted by Gasteiger charge is 2.47. The Labute approximate surface area is 129 Å². The molecule has 0 saturated heterocycles. The molecule has 1 aromatic rings. The number of carbonyl (C=O) groups excluding carboxylic acids is 1. The van der Waals surface area contributed by atoms with E-state index in [1.54, 1.807) is 0 Å². The molecule has 0 aliphatic heterocycles. The third-order valence-corrected chi connectivity index (χ3v) is 5.28. The molecule has 0 bridgehead atoms. The quantitative estimate of drug-likeness (QED) is 0.430. The van der Waals surface area contributed by atoms with E-state index in [-0.39, 0.29) is 6.07 Å². The molecule has 0 N–H and O–H groups in total. The summed E-state index contributed by atoms with van der Waals surface area (Å²) in [5.41, 5.74) is -6.76. The van der Waals surface area contributed by atoms with Gasteiger partial charge in [0.25, 0.3) is 15.5 Å². The molecule has 1 atom stereocenters. The van der Waals surface area contributed by atoms with Crippen LogP contribution in [-0.4, -0.2) is 41.9 Å². The van der Waals surface area contributed by atoms with E-state index in [4.69, 9.17) is 0 Å². The first-order valence-corrected chi connectivity index (χ1v) is 8.27. The van der Waals surface area contributed by atoms with Crippen LogP contribution in [0, 0.1) is 10.1 Å². The summed E-state index contributed by atoms with van der Waals surface area (Å²) >= 11 is 0. The molecular weight excluding hydrogens is 367 g/mol. The normalized spacial score (nSPS) is 13.4. The lowest BCUT2D eigenvalue weighted by molar-refractivity contribution is -0.388. The molecule has 0 saturated carbocycles. The Hall–Kier alpha value is -2.02. The lowest BCUT2D eigenvalue weighted by Gasteiger charge is -2.09. The van der Waals surface area contributed by atoms with E-state index in [0.717, 1.165) is 7.11 Å². The molecule has 1 aromatic carbocycles. The summed E-state index contributed by atoms with van der Waals surface area (Å²) in [4.78, 5) is 18.7. The first-order valence-electron chi connectivity index (χ1n) is 5.46. The van der Waals surface area contributed by atoms with Gasteiger partial charge in [-0.05, 0) is 12.1 Å². The van der Waals surface area contributed by atoms with Crippen molar-refractivity contribution in [2.75, 3.05) is 12.9 Å². The van der Waals surface area contributed by atoms with Crippen LogP contribution in [0.3, 0.4) is 0 Å². The number of ether oxygens (including phenoxy) is 1. The van der Waals surface area contributed by atoms with Crippen molar-refractivity contribution < 1.29 is 40.3 Å². The maximum absolute atomic E-state index is 12.4. The molecular formula is C10H8F3NO7S2. The minimum atomic E-state index is -5.80. The number of methoxy groups -OCH3 is 1. The Kier molecular flexibility index (Phi) is 5.47. The number of benzene rings is 1. The molecule has 23 heavy (non-hydrogen) atoms. The summed E-state index contributed by atoms with van der Waals surface area (Å²) in [6.07, 6.45) is 0. The summed E-state index contributed by atoms with van der Waals surface area (Å²) in [7, 11) is -7.11. The molecule has 0 aliphatic carbocycles. The number of nitro benzene ring substituents is 1. The van der Waals surface area contributed by atoms with Crippen molar-refractivity contribution in [1.29, 1.82) is 0 Å². The Morgan fingerprint density at radius 2 is 1.96 bits per heavy atom. The van der Waals surface area contributed by atoms with Crippen LogP contribution in [-0.2, 0) is 30.2 Å². The van der Waals surface area contributed by atoms with Crippen LogP contribution in [0.1, 0.15) is 0 Å². The predicted octanol–water partition coefficient (Wildman–Crippen LogP) is 1.17. The third-order valence-electron chi connectivity index (χ3n) is 2.46. The van der Waals surface area contributed by atoms with Crippen molar-refractivity contribution >= 4 is 32.3 Å². The second-order valence-electron chi connectivity index (χ2n) is 3.90. The maximum Gasteiger partial charge on any atom is 0.501 e. The van der Waals surface area contributed by atoms with E-state index < -0.39 is 58.3 Å². The standard InChI is InChI=1S/C10H8F3NO7S2/c1-21-9(15)5-22(18)8-3-2-6(4-7(8)14(16)17)23(19,20)10(11,12)13/h2-4H,5H2,1H3. The van der Waals surface area contributed by atoms with Gasteiger partial charge in [0.15, 0.2) is 0 Å². The van der Waals surface area contributed by atoms with Gasteiger partial charge in [-0.15, -0.1) is 0 Å². The van der Waals surface area contributed by atoms with Crippen LogP contribution in [0.2, 0.25) is 0 Å². The van der Waals surface area contributed by atoms with Crippen LogP contribution in [0.15, 0.2) is 28.0 Å². The number of hydrogen-bond acceptors (Lipinski definition) is 7. The Morgan fingerprint density at radius 1 is 1.39 bits per heavy atom. The Balaban J connectivity index is 3.43. The van der Waals surface area contributed by atoms with Crippen molar-refractivity contribution in [3.05, 3.63) is 28.3 Å². The maximum atomic E-state index is 12.4. The highest BCUT2D eigenvalue weighted by molar-refractivity contribution is 7.92. The van der Waals surface area contributed by atoms with Gasteiger partial charge in [-0.25, -0.2) is 8.42 Å². The molecule has 0 fully saturated rings. The molecule has 0 aliphatic rings. The monoisotopic (exact) mass is 375 g/mol. The zero-order valence-electron chi connectivity index (χ0n) is 11.2. The highest BCUT2D eigenvalue weighted by Crippen LogP contribution is 2.33. The fraction of sp³-hybridized carbons (Fsp3) is 0.300. The largest absolute Gasteiger partial charge is 0.501 e. The zero-order chi connectivity index (χ0) is 18.0. The molecule has 0 heterocycles. The van der Waals surface area contributed by atoms with Gasteiger partial charge in [0.1, 0.15) is 10.6 Å². The van der Waals surface area contributed by atoms with Crippen LogP contribution < -0.4 is 0 Å². The number of halogens is 3. The minimum Gasteiger partial charge on any atom is -0.468 e. The molecule has 0 spiro atoms. The van der Waals surface area contributed by atoms with Crippen LogP contribution in [0.5, 0.6) is 0 Å². The lowest BCUT2D eigenvalue weighted by Crippen LogP contribution is -2.23. The van der Waals surface area contributed by atoms with Gasteiger partial charge in [0.2, 0.25) is 0 Å². The van der Waals surface area contributed by atoms with E-state index in [0.29, 0.717) is 12.1 Å². The Bertz CT molecular complexity index is 773. The van der Waals surface area contributed by atoms with Gasteiger partial charge >= 0.3 is 11.5 Å². The van der Waals surface area contributed by atoms with Gasteiger partial charge < -0.3 is 4.74 Å². The summed E-state index contributed by atoms with van der Waals surface area (Å²) in [5.74, 6) is -1.74. The number of esters is 1. The van der Waals surface area contributed by atoms with Gasteiger partial charge in [0, 0.05) is 6.07 Å². The molecule has 0 radical (unpaired) electrons. The van der Waals surface area contributed by atoms with Gasteiger partial charge in [-0.1, -0.05) is 0 Å². The second-order valence-corrected chi connectivity index (χ2v) is 7.26. The van der Waals surface area contributed by atoms with Gasteiger partial charge in [-0.2, -0.15) is 13.2 Å². The first kappa shape index (κ1) is 19.0. The minimum absolute atomic E-state index is 0.146. The summed E-state index contributed by atoms with van der Waals surface area (Å²) < 4.78 is 75.9. The van der Waals surface area contributed by atoms with E-state index in [9.17, 15) is 40.7 Å². The van der Waals surface area contributed by atoms with Crippen LogP contribution in [0.25, 0.3) is 0 Å². The first-order chi connectivity index (χ1) is 10.4. The fourth-order valence-electron chi connectivity index (χ4n) is 1.38. The van der Waals surface area contributed by atoms with E-state index in [2.05, 4.69) is 4.74 Å². The average Bonchev–Trinajstić information content (AvgIpc) is 2.44. The molecule has 0 aromatic heterocycles. The zero-order valence-corrected chi connectivity index (χ0v) is 12.8. The van der Waals surface area contributed by atoms with E-state index in [1.165, 1.54) is 0 Å². The van der Waals surface area contributed by atoms with E-state index in [1.807, 2.05) is 0 Å². The second kappa shape index (κ2) is 6.62. The predicted molar refractivity (Wildman–Crippen MR) is 69.6 cm³/mol. The molecule has 128 valence electrons. The highest BCUT2D eigenvalue weighted by atomic mass is 32.2. The fourth-order valence-corrected chi connectivity index (χ4v) is 3.23. The number of nitrogens with zero attached hydrogens (tertiary/aromatic N) is 1. The van der Waals surface area contributed by atoms with Crippen molar-refractivity contribution in [2.24, 2.45) is 0 Å². The number of rotatable bonds is 5. The molecule has 1 unspecified atom stereocenters. The number of alkyl halides is 3. The number of carbonyl (C=O) groups is 1. The van der Waals surface area contributed by atoms with Gasteiger partial charge in [0.05, 0.1) is 27.7 Å². The van der Waals surface area contributed by atoms with Crippen molar-refractivity contribution in [2.45, 2.75) is 15.3 Å². The third kappa shape index (κ3) is 4.04. The van der Waals surface area contributed by atoms with Gasteiger partial charge in [-0.3, -0.25) is 19.1 Å². The molecule has 1 rings (SSSR count). The topological polar surface area (TPSA) is 121 Å². The smallest absolute Gasteiger partial charge is 0.468 e. The van der Waals surface area contributed by atoms with Crippen molar-refractivity contribution in [3.8, 4) is 0 Å². The number of nitro groups is 1. The SMILES string of the molecule is COC(=O)CS(=O)c1ccc(S(=O)(=O)C(F)(F)F)cc1[N+](=O)[O-]. The van der Waals surface area contributed by atoms with Crippen LogP contribution >= 0.6 is 0 Å². The van der Waals surface area contributed by atoms with E-state index >= 15 is 0 Å². The number of sulfone groups is 1. The number of hydrogen-bond donors (Lipinski definition) is 0. The molecule has 0 amide bonds. The molecule has 13 heteroatoms. The lowest BCUT2D eigenvalue weighted by atomic mass is 10.3. The average molecular weight is 375 g/mol. The van der Waals surface area contributed by atoms with Crippen molar-refractivity contribution in [3.63, 3.8) is 0 Å².